The Morgan fingerprint density at radius 3 is 2.65 bits per heavy atom. The van der Waals surface area contributed by atoms with Crippen LogP contribution in [-0.2, 0) is 0 Å². The van der Waals surface area contributed by atoms with Gasteiger partial charge in [0.25, 0.3) is 0 Å². The first-order valence-corrected chi connectivity index (χ1v) is 8.02. The van der Waals surface area contributed by atoms with Gasteiger partial charge in [-0.05, 0) is 29.3 Å². The molecule has 2 heterocycles. The van der Waals surface area contributed by atoms with E-state index >= 15 is 0 Å². The number of nitrogens with one attached hydrogen (secondary N) is 1. The van der Waals surface area contributed by atoms with Crippen LogP contribution in [0.5, 0.6) is 0 Å². The predicted molar refractivity (Wildman–Crippen MR) is 102 cm³/mol. The third-order valence-corrected chi connectivity index (χ3v) is 4.03. The number of fused-ring (bicyclic) bond motifs is 1. The lowest BCUT2D eigenvalue weighted by Gasteiger charge is -2.10. The minimum atomic E-state index is 0.516. The minimum absolute atomic E-state index is 0.516. The van der Waals surface area contributed by atoms with Crippen LogP contribution in [0.2, 0.25) is 0 Å². The van der Waals surface area contributed by atoms with Gasteiger partial charge in [0.15, 0.2) is 11.5 Å². The standard InChI is InChI=1S/C20H14N6/c1-21-15-5-3-4-13(10-15)14-6-7-16-17(11-14)25-20(26-19(16)22-2)18-12-23-8-9-24-18/h3-12H,2H3,(H,22,25,26). The van der Waals surface area contributed by atoms with Gasteiger partial charge in [-0.2, -0.15) is 0 Å². The molecule has 26 heavy (non-hydrogen) atoms. The summed E-state index contributed by atoms with van der Waals surface area (Å²) in [6, 6.07) is 13.5. The van der Waals surface area contributed by atoms with Gasteiger partial charge < -0.3 is 5.32 Å². The number of anilines is 1. The second kappa shape index (κ2) is 6.57. The third-order valence-electron chi connectivity index (χ3n) is 4.03. The number of nitrogens with zero attached hydrogens (tertiary/aromatic N) is 5. The molecule has 0 aliphatic heterocycles. The number of hydrogen-bond donors (Lipinski definition) is 1. The molecule has 4 aromatic rings. The SMILES string of the molecule is [C-]#[N+]c1cccc(-c2ccc3c(NC)nc(-c4cnccn4)nc3c2)c1. The molecule has 0 aliphatic carbocycles. The Bertz CT molecular complexity index is 1130. The van der Waals surface area contributed by atoms with E-state index in [2.05, 4.69) is 30.1 Å². The van der Waals surface area contributed by atoms with E-state index in [0.717, 1.165) is 27.8 Å². The normalized spacial score (nSPS) is 10.5. The van der Waals surface area contributed by atoms with Gasteiger partial charge >= 0.3 is 0 Å². The Balaban J connectivity index is 1.90. The summed E-state index contributed by atoms with van der Waals surface area (Å²) < 4.78 is 0. The van der Waals surface area contributed by atoms with Crippen molar-refractivity contribution in [2.45, 2.75) is 0 Å². The fourth-order valence-corrected chi connectivity index (χ4v) is 2.78. The maximum Gasteiger partial charge on any atom is 0.187 e. The monoisotopic (exact) mass is 338 g/mol. The van der Waals surface area contributed by atoms with Crippen LogP contribution in [0.3, 0.4) is 0 Å². The summed E-state index contributed by atoms with van der Waals surface area (Å²) in [5, 5.41) is 4.04. The van der Waals surface area contributed by atoms with Crippen LogP contribution in [0.15, 0.2) is 61.1 Å². The van der Waals surface area contributed by atoms with Crippen molar-refractivity contribution in [2.75, 3.05) is 12.4 Å². The van der Waals surface area contributed by atoms with Crippen molar-refractivity contribution in [2.24, 2.45) is 0 Å². The molecule has 0 spiro atoms. The molecular formula is C20H14N6. The quantitative estimate of drug-likeness (QED) is 0.563. The highest BCUT2D eigenvalue weighted by atomic mass is 15.0. The van der Waals surface area contributed by atoms with Crippen LogP contribution in [0.4, 0.5) is 11.5 Å². The van der Waals surface area contributed by atoms with Crippen molar-refractivity contribution in [3.8, 4) is 22.6 Å². The topological polar surface area (TPSA) is 68.0 Å². The molecule has 4 rings (SSSR count). The Kier molecular flexibility index (Phi) is 3.96. The number of rotatable bonds is 3. The molecule has 0 aliphatic rings. The van der Waals surface area contributed by atoms with Gasteiger partial charge in [0.1, 0.15) is 11.5 Å². The first-order valence-electron chi connectivity index (χ1n) is 8.02. The molecule has 0 saturated heterocycles. The van der Waals surface area contributed by atoms with Crippen molar-refractivity contribution in [1.29, 1.82) is 0 Å². The fourth-order valence-electron chi connectivity index (χ4n) is 2.78. The van der Waals surface area contributed by atoms with Crippen LogP contribution >= 0.6 is 0 Å². The van der Waals surface area contributed by atoms with Gasteiger partial charge in [-0.3, -0.25) is 4.98 Å². The van der Waals surface area contributed by atoms with E-state index in [0.29, 0.717) is 17.2 Å². The smallest absolute Gasteiger partial charge is 0.187 e. The van der Waals surface area contributed by atoms with Gasteiger partial charge in [0.05, 0.1) is 18.3 Å². The summed E-state index contributed by atoms with van der Waals surface area (Å²) in [6.45, 7) is 7.19. The minimum Gasteiger partial charge on any atom is -0.373 e. The third kappa shape index (κ3) is 2.82. The maximum atomic E-state index is 7.19. The maximum absolute atomic E-state index is 7.19. The molecule has 124 valence electrons. The van der Waals surface area contributed by atoms with Gasteiger partial charge in [-0.15, -0.1) is 0 Å². The van der Waals surface area contributed by atoms with Gasteiger partial charge in [0, 0.05) is 24.8 Å². The zero-order chi connectivity index (χ0) is 17.9. The first kappa shape index (κ1) is 15.7. The molecule has 0 bridgehead atoms. The number of hydrogen-bond acceptors (Lipinski definition) is 5. The van der Waals surface area contributed by atoms with E-state index in [9.17, 15) is 0 Å². The van der Waals surface area contributed by atoms with Crippen molar-refractivity contribution >= 4 is 22.4 Å². The summed E-state index contributed by atoms with van der Waals surface area (Å²) in [4.78, 5) is 21.1. The lowest BCUT2D eigenvalue weighted by atomic mass is 10.0. The van der Waals surface area contributed by atoms with Crippen LogP contribution in [0, 0.1) is 6.57 Å². The van der Waals surface area contributed by atoms with E-state index in [1.165, 1.54) is 0 Å². The molecule has 1 N–H and O–H groups in total. The average Bonchev–Trinajstić information content (AvgIpc) is 2.73. The molecule has 0 saturated carbocycles. The first-order chi connectivity index (χ1) is 12.8. The highest BCUT2D eigenvalue weighted by Crippen LogP contribution is 2.30. The van der Waals surface area contributed by atoms with Crippen molar-refractivity contribution in [1.82, 2.24) is 19.9 Å². The molecule has 0 atom stereocenters. The second-order valence-corrected chi connectivity index (χ2v) is 5.63. The molecule has 2 aromatic carbocycles. The zero-order valence-corrected chi connectivity index (χ0v) is 14.0. The van der Waals surface area contributed by atoms with Crippen LogP contribution in [0.1, 0.15) is 0 Å². The van der Waals surface area contributed by atoms with E-state index in [1.807, 2.05) is 43.4 Å². The summed E-state index contributed by atoms with van der Waals surface area (Å²) >= 11 is 0. The van der Waals surface area contributed by atoms with Crippen LogP contribution in [-0.4, -0.2) is 27.0 Å². The lowest BCUT2D eigenvalue weighted by Crippen LogP contribution is -2.00. The Labute approximate surface area is 150 Å². The molecule has 0 fully saturated rings. The second-order valence-electron chi connectivity index (χ2n) is 5.63. The van der Waals surface area contributed by atoms with Crippen molar-refractivity contribution < 1.29 is 0 Å². The van der Waals surface area contributed by atoms with E-state index in [1.54, 1.807) is 24.7 Å². The van der Waals surface area contributed by atoms with E-state index < -0.39 is 0 Å². The molecule has 0 amide bonds. The van der Waals surface area contributed by atoms with Crippen LogP contribution in [0.25, 0.3) is 38.4 Å². The molecule has 0 unspecified atom stereocenters. The van der Waals surface area contributed by atoms with Gasteiger partial charge in [-0.1, -0.05) is 24.3 Å². The molecular weight excluding hydrogens is 324 g/mol. The number of aromatic nitrogens is 4. The highest BCUT2D eigenvalue weighted by Gasteiger charge is 2.11. The Hall–Kier alpha value is -3.85. The largest absolute Gasteiger partial charge is 0.373 e. The van der Waals surface area contributed by atoms with E-state index in [-0.39, 0.29) is 0 Å². The van der Waals surface area contributed by atoms with E-state index in [4.69, 9.17) is 6.57 Å². The molecule has 0 radical (unpaired) electrons. The molecule has 6 heteroatoms. The van der Waals surface area contributed by atoms with Gasteiger partial charge in [0.2, 0.25) is 0 Å². The summed E-state index contributed by atoms with van der Waals surface area (Å²) in [5.41, 5.74) is 4.00. The van der Waals surface area contributed by atoms with Crippen LogP contribution < -0.4 is 5.32 Å². The van der Waals surface area contributed by atoms with Crippen molar-refractivity contribution in [3.63, 3.8) is 0 Å². The fraction of sp³-hybridized carbons (Fsp3) is 0.0500. The summed E-state index contributed by atoms with van der Waals surface area (Å²) in [6.07, 6.45) is 4.88. The summed E-state index contributed by atoms with van der Waals surface area (Å²) in [5.74, 6) is 1.25. The Morgan fingerprint density at radius 2 is 1.88 bits per heavy atom. The van der Waals surface area contributed by atoms with Crippen molar-refractivity contribution in [3.05, 3.63) is 72.5 Å². The Morgan fingerprint density at radius 1 is 1.00 bits per heavy atom. The molecule has 2 aromatic heterocycles. The highest BCUT2D eigenvalue weighted by molar-refractivity contribution is 5.93. The average molecular weight is 338 g/mol. The predicted octanol–water partition coefficient (Wildman–Crippen LogP) is 4.35. The lowest BCUT2D eigenvalue weighted by molar-refractivity contribution is 1.13. The zero-order valence-electron chi connectivity index (χ0n) is 14.0. The molecule has 6 nitrogen and oxygen atoms in total. The number of benzene rings is 2. The summed E-state index contributed by atoms with van der Waals surface area (Å²) in [7, 11) is 1.83. The van der Waals surface area contributed by atoms with Gasteiger partial charge in [-0.25, -0.2) is 19.8 Å².